The molecule has 1 aromatic heterocycles. The van der Waals surface area contributed by atoms with Crippen LogP contribution in [0.2, 0.25) is 0 Å². The maximum atomic E-state index is 13.5. The summed E-state index contributed by atoms with van der Waals surface area (Å²) in [7, 11) is 1.99. The first-order valence-corrected chi connectivity index (χ1v) is 8.63. The van der Waals surface area contributed by atoms with Gasteiger partial charge in [-0.1, -0.05) is 29.8 Å². The lowest BCUT2D eigenvalue weighted by Crippen LogP contribution is -2.30. The fourth-order valence-electron chi connectivity index (χ4n) is 2.94. The maximum absolute atomic E-state index is 13.5. The van der Waals surface area contributed by atoms with Gasteiger partial charge in [-0.05, 0) is 43.5 Å². The third-order valence-electron chi connectivity index (χ3n) is 3.95. The summed E-state index contributed by atoms with van der Waals surface area (Å²) in [6, 6.07) is 5.08. The van der Waals surface area contributed by atoms with Crippen molar-refractivity contribution in [3.05, 3.63) is 39.1 Å². The van der Waals surface area contributed by atoms with E-state index in [9.17, 15) is 4.39 Å². The molecule has 112 valence electrons. The van der Waals surface area contributed by atoms with Gasteiger partial charge in [-0.15, -0.1) is 11.3 Å². The van der Waals surface area contributed by atoms with Crippen LogP contribution in [0.4, 0.5) is 4.39 Å². The second-order valence-electron chi connectivity index (χ2n) is 6.34. The van der Waals surface area contributed by atoms with Crippen molar-refractivity contribution in [3.8, 4) is 10.6 Å². The zero-order valence-electron chi connectivity index (χ0n) is 12.3. The van der Waals surface area contributed by atoms with Crippen molar-refractivity contribution in [1.29, 1.82) is 0 Å². The van der Waals surface area contributed by atoms with Crippen molar-refractivity contribution in [1.82, 2.24) is 10.3 Å². The molecular formula is C16H18BrFN2S. The largest absolute Gasteiger partial charge is 0.312 e. The highest BCUT2D eigenvalue weighted by Crippen LogP contribution is 2.45. The molecule has 1 unspecified atom stereocenters. The molecule has 1 aliphatic rings. The minimum atomic E-state index is -0.230. The van der Waals surface area contributed by atoms with Gasteiger partial charge in [-0.3, -0.25) is 0 Å². The molecule has 1 N–H and O–H groups in total. The summed E-state index contributed by atoms with van der Waals surface area (Å²) >= 11 is 5.17. The predicted octanol–water partition coefficient (Wildman–Crippen LogP) is 4.94. The van der Waals surface area contributed by atoms with Crippen molar-refractivity contribution >= 4 is 27.3 Å². The van der Waals surface area contributed by atoms with E-state index in [0.29, 0.717) is 6.04 Å². The molecule has 1 heterocycles. The smallest absolute Gasteiger partial charge is 0.125 e. The molecule has 0 fully saturated rings. The summed E-state index contributed by atoms with van der Waals surface area (Å²) in [6.45, 7) is 4.55. The van der Waals surface area contributed by atoms with E-state index in [0.717, 1.165) is 33.6 Å². The molecule has 2 nitrogen and oxygen atoms in total. The highest BCUT2D eigenvalue weighted by molar-refractivity contribution is 9.10. The number of benzene rings is 1. The summed E-state index contributed by atoms with van der Waals surface area (Å²) in [4.78, 5) is 6.09. The van der Waals surface area contributed by atoms with E-state index in [2.05, 4.69) is 35.1 Å². The van der Waals surface area contributed by atoms with Gasteiger partial charge in [0.05, 0.1) is 5.69 Å². The lowest BCUT2D eigenvalue weighted by molar-refractivity contribution is 0.265. The quantitative estimate of drug-likeness (QED) is 0.811. The van der Waals surface area contributed by atoms with Crippen LogP contribution in [0.3, 0.4) is 0 Å². The molecule has 0 bridgehead atoms. The number of hydrogen-bond donors (Lipinski definition) is 1. The Morgan fingerprint density at radius 3 is 2.90 bits per heavy atom. The van der Waals surface area contributed by atoms with Crippen molar-refractivity contribution in [3.63, 3.8) is 0 Å². The van der Waals surface area contributed by atoms with E-state index in [-0.39, 0.29) is 11.2 Å². The van der Waals surface area contributed by atoms with Gasteiger partial charge in [-0.25, -0.2) is 9.37 Å². The van der Waals surface area contributed by atoms with E-state index in [1.807, 2.05) is 7.05 Å². The van der Waals surface area contributed by atoms with Gasteiger partial charge in [0.25, 0.3) is 0 Å². The summed E-state index contributed by atoms with van der Waals surface area (Å²) < 4.78 is 14.4. The SMILES string of the molecule is CNC1CC(C)(C)Cc2nc(-c3cc(F)ccc3Br)sc21. The Balaban J connectivity index is 2.08. The highest BCUT2D eigenvalue weighted by Gasteiger charge is 2.34. The molecule has 0 amide bonds. The fraction of sp³-hybridized carbons (Fsp3) is 0.438. The van der Waals surface area contributed by atoms with Crippen LogP contribution in [0.1, 0.15) is 36.9 Å². The van der Waals surface area contributed by atoms with Crippen molar-refractivity contribution in [2.24, 2.45) is 5.41 Å². The number of nitrogens with one attached hydrogen (secondary N) is 1. The number of hydrogen-bond acceptors (Lipinski definition) is 3. The number of halogens is 2. The van der Waals surface area contributed by atoms with Gasteiger partial charge >= 0.3 is 0 Å². The number of fused-ring (bicyclic) bond motifs is 1. The highest BCUT2D eigenvalue weighted by atomic mass is 79.9. The molecule has 1 atom stereocenters. The average Bonchev–Trinajstić information content (AvgIpc) is 2.82. The molecule has 21 heavy (non-hydrogen) atoms. The Hall–Kier alpha value is -0.780. The minimum absolute atomic E-state index is 0.230. The first kappa shape index (κ1) is 15.1. The van der Waals surface area contributed by atoms with Gasteiger partial charge in [0.15, 0.2) is 0 Å². The fourth-order valence-corrected chi connectivity index (χ4v) is 4.73. The van der Waals surface area contributed by atoms with E-state index >= 15 is 0 Å². The van der Waals surface area contributed by atoms with Crippen LogP contribution in [0.15, 0.2) is 22.7 Å². The van der Waals surface area contributed by atoms with Gasteiger partial charge in [0, 0.05) is 21.0 Å². The second-order valence-corrected chi connectivity index (χ2v) is 8.23. The number of thiazole rings is 1. The summed E-state index contributed by atoms with van der Waals surface area (Å²) in [5.41, 5.74) is 2.23. The molecule has 0 spiro atoms. The summed E-state index contributed by atoms with van der Waals surface area (Å²) in [6.07, 6.45) is 2.08. The molecule has 0 saturated heterocycles. The van der Waals surface area contributed by atoms with E-state index < -0.39 is 0 Å². The van der Waals surface area contributed by atoms with Crippen LogP contribution in [-0.2, 0) is 6.42 Å². The zero-order chi connectivity index (χ0) is 15.2. The molecule has 0 radical (unpaired) electrons. The van der Waals surface area contributed by atoms with E-state index in [1.165, 1.54) is 10.9 Å². The van der Waals surface area contributed by atoms with Gasteiger partial charge in [0.2, 0.25) is 0 Å². The van der Waals surface area contributed by atoms with Gasteiger partial charge in [0.1, 0.15) is 10.8 Å². The van der Waals surface area contributed by atoms with Crippen molar-refractivity contribution in [2.75, 3.05) is 7.05 Å². The van der Waals surface area contributed by atoms with Crippen LogP contribution < -0.4 is 5.32 Å². The molecule has 0 saturated carbocycles. The third kappa shape index (κ3) is 2.91. The van der Waals surface area contributed by atoms with E-state index in [4.69, 9.17) is 4.98 Å². The molecule has 1 aromatic carbocycles. The number of nitrogens with zero attached hydrogens (tertiary/aromatic N) is 1. The Labute approximate surface area is 136 Å². The second kappa shape index (κ2) is 5.45. The van der Waals surface area contributed by atoms with Crippen LogP contribution in [0.5, 0.6) is 0 Å². The maximum Gasteiger partial charge on any atom is 0.125 e. The van der Waals surface area contributed by atoms with Crippen LogP contribution in [0.25, 0.3) is 10.6 Å². The first-order valence-electron chi connectivity index (χ1n) is 7.02. The van der Waals surface area contributed by atoms with Crippen LogP contribution in [0, 0.1) is 11.2 Å². The normalized spacial score (nSPS) is 20.3. The molecule has 0 aliphatic heterocycles. The van der Waals surface area contributed by atoms with Gasteiger partial charge < -0.3 is 5.32 Å². The monoisotopic (exact) mass is 368 g/mol. The van der Waals surface area contributed by atoms with Gasteiger partial charge in [-0.2, -0.15) is 0 Å². The standard InChI is InChI=1S/C16H18BrFN2S/c1-16(2)7-12(19-3)14-13(8-16)20-15(21-14)10-6-9(18)4-5-11(10)17/h4-6,12,19H,7-8H2,1-3H3. The zero-order valence-corrected chi connectivity index (χ0v) is 14.7. The van der Waals surface area contributed by atoms with E-state index in [1.54, 1.807) is 23.5 Å². The number of rotatable bonds is 2. The Kier molecular flexibility index (Phi) is 3.93. The Morgan fingerprint density at radius 2 is 2.19 bits per heavy atom. The summed E-state index contributed by atoms with van der Waals surface area (Å²) in [5, 5.41) is 4.28. The third-order valence-corrected chi connectivity index (χ3v) is 5.89. The molecule has 1 aliphatic carbocycles. The topological polar surface area (TPSA) is 24.9 Å². The minimum Gasteiger partial charge on any atom is -0.312 e. The lowest BCUT2D eigenvalue weighted by atomic mass is 9.76. The molecular weight excluding hydrogens is 351 g/mol. The van der Waals surface area contributed by atoms with Crippen molar-refractivity contribution in [2.45, 2.75) is 32.7 Å². The van der Waals surface area contributed by atoms with Crippen LogP contribution in [-0.4, -0.2) is 12.0 Å². The van der Waals surface area contributed by atoms with Crippen LogP contribution >= 0.6 is 27.3 Å². The van der Waals surface area contributed by atoms with Crippen molar-refractivity contribution < 1.29 is 4.39 Å². The predicted molar refractivity (Wildman–Crippen MR) is 89.1 cm³/mol. The first-order chi connectivity index (χ1) is 9.89. The number of aromatic nitrogens is 1. The average molecular weight is 369 g/mol. The molecule has 5 heteroatoms. The lowest BCUT2D eigenvalue weighted by Gasteiger charge is -2.34. The Bertz CT molecular complexity index is 681. The summed E-state index contributed by atoms with van der Waals surface area (Å²) in [5.74, 6) is -0.230. The Morgan fingerprint density at radius 1 is 1.43 bits per heavy atom. The molecule has 3 rings (SSSR count). The molecule has 2 aromatic rings.